The average molecular weight is 438 g/mol. The van der Waals surface area contributed by atoms with Gasteiger partial charge in [-0.3, -0.25) is 0 Å². The highest BCUT2D eigenvalue weighted by atomic mass is 32.2. The maximum Gasteiger partial charge on any atom is 0.308 e. The molecule has 2 aromatic carbocycles. The van der Waals surface area contributed by atoms with Crippen LogP contribution in [0.25, 0.3) is 6.08 Å². The Balaban J connectivity index is 2.18. The van der Waals surface area contributed by atoms with Crippen molar-refractivity contribution in [3.63, 3.8) is 0 Å². The fourth-order valence-electron chi connectivity index (χ4n) is 2.54. The molecule has 0 aliphatic rings. The largest absolute Gasteiger partial charge is 0.382 e. The van der Waals surface area contributed by atoms with Crippen LogP contribution in [-0.2, 0) is 26.7 Å². The maximum absolute atomic E-state index is 12.9. The van der Waals surface area contributed by atoms with Crippen LogP contribution in [0.3, 0.4) is 0 Å². The van der Waals surface area contributed by atoms with Gasteiger partial charge in [0.1, 0.15) is 5.75 Å². The minimum absolute atomic E-state index is 0.122. The molecule has 0 saturated carbocycles. The van der Waals surface area contributed by atoms with Crippen molar-refractivity contribution >= 4 is 26.2 Å². The summed E-state index contributed by atoms with van der Waals surface area (Å²) in [6.07, 6.45) is 1.58. The van der Waals surface area contributed by atoms with Crippen molar-refractivity contribution in [2.45, 2.75) is 27.3 Å². The third-order valence-electron chi connectivity index (χ3n) is 4.02. The van der Waals surface area contributed by atoms with Crippen molar-refractivity contribution in [1.82, 2.24) is 4.31 Å². The summed E-state index contributed by atoms with van der Waals surface area (Å²) in [5, 5.41) is 1.22. The molecule has 6 nitrogen and oxygen atoms in total. The van der Waals surface area contributed by atoms with Gasteiger partial charge in [-0.15, -0.1) is 0 Å². The van der Waals surface area contributed by atoms with Gasteiger partial charge in [0.2, 0.25) is 10.0 Å². The SMILES string of the molecule is CCS(=O)(=O)Oc1ccc(CN(CC(C)C)S(=O)(=O)C=Cc2ccccc2)cc1. The third-order valence-corrected chi connectivity index (χ3v) is 6.65. The zero-order chi connectivity index (χ0) is 21.5. The first-order chi connectivity index (χ1) is 13.6. The summed E-state index contributed by atoms with van der Waals surface area (Å²) in [6, 6.07) is 15.6. The van der Waals surface area contributed by atoms with Gasteiger partial charge in [-0.05, 0) is 42.2 Å². The fraction of sp³-hybridized carbons (Fsp3) is 0.333. The standard InChI is InChI=1S/C21H27NO5S2/c1-4-29(25,26)27-21-12-10-20(11-13-21)17-22(16-18(2)3)28(23,24)15-14-19-8-6-5-7-9-19/h5-15,18H,4,16-17H2,1-3H3. The van der Waals surface area contributed by atoms with Crippen LogP contribution in [0.5, 0.6) is 5.75 Å². The predicted molar refractivity (Wildman–Crippen MR) is 116 cm³/mol. The normalized spacial score (nSPS) is 12.7. The molecule has 2 rings (SSSR count). The second-order valence-electron chi connectivity index (χ2n) is 7.02. The van der Waals surface area contributed by atoms with Crippen LogP contribution >= 0.6 is 0 Å². The van der Waals surface area contributed by atoms with E-state index < -0.39 is 20.1 Å². The van der Waals surface area contributed by atoms with E-state index in [1.165, 1.54) is 28.8 Å². The first-order valence-corrected chi connectivity index (χ1v) is 12.4. The van der Waals surface area contributed by atoms with Crippen LogP contribution in [0.2, 0.25) is 0 Å². The molecule has 0 saturated heterocycles. The van der Waals surface area contributed by atoms with Crippen LogP contribution in [0, 0.1) is 5.92 Å². The van der Waals surface area contributed by atoms with Crippen molar-refractivity contribution in [2.24, 2.45) is 5.92 Å². The molecule has 0 amide bonds. The van der Waals surface area contributed by atoms with Crippen molar-refractivity contribution in [3.05, 3.63) is 71.1 Å². The molecule has 0 unspecified atom stereocenters. The summed E-state index contributed by atoms with van der Waals surface area (Å²) in [4.78, 5) is 0. The highest BCUT2D eigenvalue weighted by Gasteiger charge is 2.21. The van der Waals surface area contributed by atoms with Gasteiger partial charge in [-0.1, -0.05) is 56.3 Å². The van der Waals surface area contributed by atoms with Crippen molar-refractivity contribution in [2.75, 3.05) is 12.3 Å². The predicted octanol–water partition coefficient (Wildman–Crippen LogP) is 3.87. The Labute approximate surface area is 174 Å². The van der Waals surface area contributed by atoms with E-state index in [-0.39, 0.29) is 24.0 Å². The Morgan fingerprint density at radius 1 is 0.966 bits per heavy atom. The smallest absolute Gasteiger partial charge is 0.308 e. The maximum atomic E-state index is 12.9. The lowest BCUT2D eigenvalue weighted by molar-refractivity contribution is 0.366. The summed E-state index contributed by atoms with van der Waals surface area (Å²) in [6.45, 7) is 5.96. The van der Waals surface area contributed by atoms with Gasteiger partial charge < -0.3 is 4.18 Å². The highest BCUT2D eigenvalue weighted by Crippen LogP contribution is 2.19. The van der Waals surface area contributed by atoms with E-state index in [0.717, 1.165) is 11.1 Å². The zero-order valence-corrected chi connectivity index (χ0v) is 18.5. The molecule has 0 aromatic heterocycles. The van der Waals surface area contributed by atoms with Gasteiger partial charge in [0.05, 0.1) is 5.75 Å². The van der Waals surface area contributed by atoms with E-state index in [4.69, 9.17) is 4.18 Å². The van der Waals surface area contributed by atoms with Crippen molar-refractivity contribution in [1.29, 1.82) is 0 Å². The molecule has 0 N–H and O–H groups in total. The van der Waals surface area contributed by atoms with Gasteiger partial charge in [-0.25, -0.2) is 8.42 Å². The molecule has 0 radical (unpaired) electrons. The van der Waals surface area contributed by atoms with Crippen molar-refractivity contribution < 1.29 is 21.0 Å². The Morgan fingerprint density at radius 2 is 1.59 bits per heavy atom. The van der Waals surface area contributed by atoms with Gasteiger partial charge in [0.25, 0.3) is 0 Å². The Kier molecular flexibility index (Phi) is 8.01. The molecule has 0 aliphatic heterocycles. The van der Waals surface area contributed by atoms with E-state index in [1.807, 2.05) is 44.2 Å². The second kappa shape index (κ2) is 10.0. The zero-order valence-electron chi connectivity index (χ0n) is 16.9. The lowest BCUT2D eigenvalue weighted by atomic mass is 10.2. The van der Waals surface area contributed by atoms with Crippen LogP contribution in [0.1, 0.15) is 31.9 Å². The highest BCUT2D eigenvalue weighted by molar-refractivity contribution is 7.92. The van der Waals surface area contributed by atoms with E-state index in [2.05, 4.69) is 0 Å². The second-order valence-corrected chi connectivity index (χ2v) is 10.7. The fourth-order valence-corrected chi connectivity index (χ4v) is 4.40. The Bertz CT molecular complexity index is 1010. The van der Waals surface area contributed by atoms with E-state index in [1.54, 1.807) is 18.2 Å². The van der Waals surface area contributed by atoms with Crippen molar-refractivity contribution in [3.8, 4) is 5.75 Å². The Morgan fingerprint density at radius 3 is 2.14 bits per heavy atom. The van der Waals surface area contributed by atoms with Crippen LogP contribution < -0.4 is 4.18 Å². The molecule has 0 aliphatic carbocycles. The number of sulfonamides is 1. The lowest BCUT2D eigenvalue weighted by Gasteiger charge is -2.22. The van der Waals surface area contributed by atoms with Crippen LogP contribution in [-0.4, -0.2) is 33.4 Å². The summed E-state index contributed by atoms with van der Waals surface area (Å²) < 4.78 is 55.2. The molecule has 8 heteroatoms. The summed E-state index contributed by atoms with van der Waals surface area (Å²) in [5.74, 6) is 0.230. The number of nitrogens with zero attached hydrogens (tertiary/aromatic N) is 1. The van der Waals surface area contributed by atoms with Gasteiger partial charge >= 0.3 is 10.1 Å². The molecular formula is C21H27NO5S2. The third kappa shape index (κ3) is 7.64. The first kappa shape index (κ1) is 23.1. The summed E-state index contributed by atoms with van der Waals surface area (Å²) in [5.41, 5.74) is 1.54. The molecule has 158 valence electrons. The monoisotopic (exact) mass is 437 g/mol. The number of hydrogen-bond acceptors (Lipinski definition) is 5. The van der Waals surface area contributed by atoms with Crippen LogP contribution in [0.4, 0.5) is 0 Å². The molecule has 0 spiro atoms. The summed E-state index contributed by atoms with van der Waals surface area (Å²) >= 11 is 0. The molecule has 0 bridgehead atoms. The van der Waals surface area contributed by atoms with E-state index in [9.17, 15) is 16.8 Å². The lowest BCUT2D eigenvalue weighted by Crippen LogP contribution is -2.32. The van der Waals surface area contributed by atoms with E-state index >= 15 is 0 Å². The quantitative estimate of drug-likeness (QED) is 0.527. The number of benzene rings is 2. The van der Waals surface area contributed by atoms with E-state index in [0.29, 0.717) is 6.54 Å². The average Bonchev–Trinajstić information content (AvgIpc) is 2.68. The first-order valence-electron chi connectivity index (χ1n) is 9.35. The van der Waals surface area contributed by atoms with Crippen LogP contribution in [0.15, 0.2) is 60.0 Å². The number of rotatable bonds is 10. The molecule has 0 atom stereocenters. The Hall–Kier alpha value is -2.16. The molecule has 2 aromatic rings. The topological polar surface area (TPSA) is 80.8 Å². The van der Waals surface area contributed by atoms with Gasteiger partial charge in [-0.2, -0.15) is 12.7 Å². The molecule has 0 heterocycles. The van der Waals surface area contributed by atoms with Gasteiger partial charge in [0, 0.05) is 18.5 Å². The summed E-state index contributed by atoms with van der Waals surface area (Å²) in [7, 11) is -7.23. The number of hydrogen-bond donors (Lipinski definition) is 0. The molecule has 29 heavy (non-hydrogen) atoms. The molecular weight excluding hydrogens is 410 g/mol. The molecule has 0 fully saturated rings. The minimum atomic E-state index is -3.63. The minimum Gasteiger partial charge on any atom is -0.382 e. The van der Waals surface area contributed by atoms with Gasteiger partial charge in [0.15, 0.2) is 0 Å².